The summed E-state index contributed by atoms with van der Waals surface area (Å²) >= 11 is 1.41. The van der Waals surface area contributed by atoms with Crippen molar-refractivity contribution in [2.45, 2.75) is 70.0 Å². The van der Waals surface area contributed by atoms with E-state index in [-0.39, 0.29) is 5.25 Å². The zero-order chi connectivity index (χ0) is 17.9. The maximum absolute atomic E-state index is 10.9. The number of rotatable bonds is 15. The van der Waals surface area contributed by atoms with Crippen LogP contribution in [0, 0.1) is 0 Å². The van der Waals surface area contributed by atoms with Crippen LogP contribution in [0.5, 0.6) is 0 Å². The highest BCUT2D eigenvalue weighted by atomic mass is 32.2. The number of carboxylic acids is 1. The summed E-state index contributed by atoms with van der Waals surface area (Å²) in [7, 11) is 0. The van der Waals surface area contributed by atoms with Crippen molar-refractivity contribution in [2.75, 3.05) is 6.26 Å². The first-order valence-electron chi connectivity index (χ1n) is 9.08. The van der Waals surface area contributed by atoms with Gasteiger partial charge in [-0.3, -0.25) is 4.79 Å². The Kier molecular flexibility index (Phi) is 17.2. The molecule has 0 amide bonds. The fourth-order valence-electron chi connectivity index (χ4n) is 2.15. The lowest BCUT2D eigenvalue weighted by Crippen LogP contribution is -2.15. The molecule has 0 aromatic carbocycles. The zero-order valence-corrected chi connectivity index (χ0v) is 16.1. The molecule has 1 unspecified atom stereocenters. The van der Waals surface area contributed by atoms with Crippen LogP contribution in [0.25, 0.3) is 0 Å². The Bertz CT molecular complexity index is 408. The number of unbranched alkanes of at least 4 members (excludes halogenated alkanes) is 3. The minimum absolute atomic E-state index is 0.281. The fraction of sp³-hybridized carbons (Fsp3) is 0.571. The average Bonchev–Trinajstić information content (AvgIpc) is 2.57. The summed E-state index contributed by atoms with van der Waals surface area (Å²) in [5.74, 6) is -0.710. The van der Waals surface area contributed by atoms with Crippen molar-refractivity contribution in [1.29, 1.82) is 0 Å². The van der Waals surface area contributed by atoms with Crippen LogP contribution in [-0.4, -0.2) is 22.6 Å². The molecule has 0 rings (SSSR count). The molecule has 2 nitrogen and oxygen atoms in total. The molecule has 0 spiro atoms. The molecular weight excluding hydrogens is 316 g/mol. The van der Waals surface area contributed by atoms with Crippen LogP contribution < -0.4 is 0 Å². The fourth-order valence-corrected chi connectivity index (χ4v) is 2.72. The molecule has 0 aromatic rings. The summed E-state index contributed by atoms with van der Waals surface area (Å²) in [6.45, 7) is 2.23. The third kappa shape index (κ3) is 15.7. The third-order valence-corrected chi connectivity index (χ3v) is 4.62. The molecular formula is C21H34O2S. The number of carbonyl (C=O) groups is 1. The number of aliphatic carboxylic acids is 1. The van der Waals surface area contributed by atoms with Crippen LogP contribution in [0.2, 0.25) is 0 Å². The number of thioether (sulfide) groups is 1. The van der Waals surface area contributed by atoms with E-state index in [9.17, 15) is 4.79 Å². The van der Waals surface area contributed by atoms with E-state index in [1.807, 2.05) is 6.26 Å². The SMILES string of the molecule is CCCCC/C=C\C/C=C\C/C=C\C/C=C\CCC(SC)C(=O)O. The zero-order valence-electron chi connectivity index (χ0n) is 15.3. The number of carboxylic acid groups (broad SMARTS) is 1. The van der Waals surface area contributed by atoms with Gasteiger partial charge in [-0.1, -0.05) is 68.4 Å². The lowest BCUT2D eigenvalue weighted by atomic mass is 10.2. The molecule has 0 aliphatic carbocycles. The van der Waals surface area contributed by atoms with Gasteiger partial charge in [0.25, 0.3) is 0 Å². The predicted molar refractivity (Wildman–Crippen MR) is 109 cm³/mol. The monoisotopic (exact) mass is 350 g/mol. The van der Waals surface area contributed by atoms with Crippen molar-refractivity contribution in [3.05, 3.63) is 48.6 Å². The lowest BCUT2D eigenvalue weighted by Gasteiger charge is -2.05. The van der Waals surface area contributed by atoms with E-state index < -0.39 is 5.97 Å². The van der Waals surface area contributed by atoms with Gasteiger partial charge in [-0.15, -0.1) is 0 Å². The number of hydrogen-bond acceptors (Lipinski definition) is 2. The summed E-state index contributed by atoms with van der Waals surface area (Å²) < 4.78 is 0. The van der Waals surface area contributed by atoms with Crippen LogP contribution in [0.4, 0.5) is 0 Å². The second-order valence-corrected chi connectivity index (χ2v) is 6.77. The summed E-state index contributed by atoms with van der Waals surface area (Å²) in [5.41, 5.74) is 0. The van der Waals surface area contributed by atoms with E-state index in [1.165, 1.54) is 37.4 Å². The Hall–Kier alpha value is -1.22. The molecule has 3 heteroatoms. The summed E-state index contributed by atoms with van der Waals surface area (Å²) in [5, 5.41) is 8.65. The molecule has 24 heavy (non-hydrogen) atoms. The quantitative estimate of drug-likeness (QED) is 0.268. The van der Waals surface area contributed by atoms with Gasteiger partial charge in [0.15, 0.2) is 0 Å². The van der Waals surface area contributed by atoms with Crippen molar-refractivity contribution in [3.63, 3.8) is 0 Å². The molecule has 1 atom stereocenters. The molecule has 0 aromatic heterocycles. The van der Waals surface area contributed by atoms with Crippen LogP contribution in [0.1, 0.15) is 64.7 Å². The van der Waals surface area contributed by atoms with Gasteiger partial charge in [0, 0.05) is 0 Å². The van der Waals surface area contributed by atoms with E-state index in [4.69, 9.17) is 5.11 Å². The summed E-state index contributed by atoms with van der Waals surface area (Å²) in [6, 6.07) is 0. The van der Waals surface area contributed by atoms with Crippen LogP contribution in [0.15, 0.2) is 48.6 Å². The van der Waals surface area contributed by atoms with Crippen LogP contribution in [-0.2, 0) is 4.79 Å². The van der Waals surface area contributed by atoms with Crippen LogP contribution >= 0.6 is 11.8 Å². The van der Waals surface area contributed by atoms with Gasteiger partial charge in [-0.05, 0) is 51.2 Å². The molecule has 136 valence electrons. The van der Waals surface area contributed by atoms with E-state index >= 15 is 0 Å². The minimum atomic E-state index is -0.710. The number of hydrogen-bond donors (Lipinski definition) is 1. The molecule has 0 radical (unpaired) electrons. The summed E-state index contributed by atoms with van der Waals surface area (Å²) in [4.78, 5) is 10.9. The standard InChI is InChI=1S/C21H34O2S/c1-3-4-5-6-7-8-9-10-11-12-13-14-15-16-17-18-19-20(24-2)21(22)23/h7-8,10-11,13-14,16-17,20H,3-6,9,12,15,18-19H2,1-2H3,(H,22,23)/b8-7-,11-10-,14-13-,17-16-. The second kappa shape index (κ2) is 18.1. The van der Waals surface area contributed by atoms with Crippen molar-refractivity contribution >= 4 is 17.7 Å². The highest BCUT2D eigenvalue weighted by Gasteiger charge is 2.13. The Balaban J connectivity index is 3.56. The average molecular weight is 351 g/mol. The Morgan fingerprint density at radius 1 is 0.875 bits per heavy atom. The van der Waals surface area contributed by atoms with E-state index in [0.29, 0.717) is 6.42 Å². The molecule has 0 saturated carbocycles. The molecule has 0 aliphatic rings. The van der Waals surface area contributed by atoms with Crippen molar-refractivity contribution in [3.8, 4) is 0 Å². The van der Waals surface area contributed by atoms with Gasteiger partial charge < -0.3 is 5.11 Å². The van der Waals surface area contributed by atoms with E-state index in [2.05, 4.69) is 55.5 Å². The predicted octanol–water partition coefficient (Wildman–Crippen LogP) is 6.56. The van der Waals surface area contributed by atoms with E-state index in [0.717, 1.165) is 25.7 Å². The van der Waals surface area contributed by atoms with Gasteiger partial charge in [-0.25, -0.2) is 0 Å². The van der Waals surface area contributed by atoms with Gasteiger partial charge in [0.05, 0.1) is 0 Å². The maximum atomic E-state index is 10.9. The summed E-state index contributed by atoms with van der Waals surface area (Å²) in [6.07, 6.45) is 28.9. The minimum Gasteiger partial charge on any atom is -0.480 e. The van der Waals surface area contributed by atoms with Gasteiger partial charge in [-0.2, -0.15) is 11.8 Å². The topological polar surface area (TPSA) is 37.3 Å². The van der Waals surface area contributed by atoms with E-state index in [1.54, 1.807) is 0 Å². The number of allylic oxidation sites excluding steroid dienone is 8. The van der Waals surface area contributed by atoms with Gasteiger partial charge >= 0.3 is 5.97 Å². The highest BCUT2D eigenvalue weighted by molar-refractivity contribution is 7.99. The first-order chi connectivity index (χ1) is 11.7. The molecule has 0 fully saturated rings. The molecule has 0 aliphatic heterocycles. The Morgan fingerprint density at radius 2 is 1.38 bits per heavy atom. The Labute approximate surface area is 152 Å². The van der Waals surface area contributed by atoms with Gasteiger partial charge in [0.2, 0.25) is 0 Å². The highest BCUT2D eigenvalue weighted by Crippen LogP contribution is 2.13. The van der Waals surface area contributed by atoms with Crippen molar-refractivity contribution in [1.82, 2.24) is 0 Å². The molecule has 0 saturated heterocycles. The lowest BCUT2D eigenvalue weighted by molar-refractivity contribution is -0.136. The first-order valence-corrected chi connectivity index (χ1v) is 10.4. The molecule has 0 heterocycles. The second-order valence-electron chi connectivity index (χ2n) is 5.73. The Morgan fingerprint density at radius 3 is 1.83 bits per heavy atom. The molecule has 1 N–H and O–H groups in total. The van der Waals surface area contributed by atoms with Crippen molar-refractivity contribution < 1.29 is 9.90 Å². The smallest absolute Gasteiger partial charge is 0.316 e. The maximum Gasteiger partial charge on any atom is 0.316 e. The van der Waals surface area contributed by atoms with Crippen LogP contribution in [0.3, 0.4) is 0 Å². The van der Waals surface area contributed by atoms with Gasteiger partial charge in [0.1, 0.15) is 5.25 Å². The normalized spacial score (nSPS) is 13.8. The largest absolute Gasteiger partial charge is 0.480 e. The first kappa shape index (κ1) is 22.8. The third-order valence-electron chi connectivity index (χ3n) is 3.61. The van der Waals surface area contributed by atoms with Crippen molar-refractivity contribution in [2.24, 2.45) is 0 Å². The molecule has 0 bridgehead atoms.